The van der Waals surface area contributed by atoms with E-state index in [0.29, 0.717) is 5.15 Å². The summed E-state index contributed by atoms with van der Waals surface area (Å²) in [5, 5.41) is 1.64. The Morgan fingerprint density at radius 1 is 1.26 bits per heavy atom. The van der Waals surface area contributed by atoms with Crippen LogP contribution in [0.4, 0.5) is 0 Å². The number of pyridine rings is 1. The lowest BCUT2D eigenvalue weighted by Gasteiger charge is -2.14. The van der Waals surface area contributed by atoms with Gasteiger partial charge in [-0.25, -0.2) is 4.98 Å². The third kappa shape index (κ3) is 4.07. The van der Waals surface area contributed by atoms with E-state index < -0.39 is 0 Å². The highest BCUT2D eigenvalue weighted by molar-refractivity contribution is 6.30. The molecular formula is C15H20Cl2N2. The summed E-state index contributed by atoms with van der Waals surface area (Å²) in [7, 11) is 0. The maximum atomic E-state index is 6.22. The molecule has 2 nitrogen and oxygen atoms in total. The average molecular weight is 299 g/mol. The summed E-state index contributed by atoms with van der Waals surface area (Å²) in [6.45, 7) is 2.19. The van der Waals surface area contributed by atoms with Crippen molar-refractivity contribution in [1.29, 1.82) is 0 Å². The fourth-order valence-corrected chi connectivity index (χ4v) is 2.42. The van der Waals surface area contributed by atoms with E-state index in [0.717, 1.165) is 29.3 Å². The van der Waals surface area contributed by atoms with Crippen LogP contribution in [-0.2, 0) is 0 Å². The zero-order valence-corrected chi connectivity index (χ0v) is 12.7. The minimum absolute atomic E-state index is 0. The van der Waals surface area contributed by atoms with E-state index in [1.165, 1.54) is 12.8 Å². The predicted molar refractivity (Wildman–Crippen MR) is 85.1 cm³/mol. The molecule has 0 fully saturated rings. The van der Waals surface area contributed by atoms with E-state index in [9.17, 15) is 0 Å². The van der Waals surface area contributed by atoms with E-state index in [4.69, 9.17) is 17.3 Å². The maximum Gasteiger partial charge on any atom is 0.134 e. The molecule has 2 N–H and O–H groups in total. The molecule has 1 heterocycles. The molecule has 0 radical (unpaired) electrons. The standard InChI is InChI=1S/C15H19ClN2.ClH/c1-2-3-4-8-13(17)12-10-11-7-5-6-9-14(11)18-15(12)16;/h5-7,9-10,13H,2-4,8,17H2,1H3;1H/t13-;/m0./s1. The quantitative estimate of drug-likeness (QED) is 0.630. The lowest BCUT2D eigenvalue weighted by molar-refractivity contribution is 0.580. The van der Waals surface area contributed by atoms with Crippen molar-refractivity contribution in [2.45, 2.75) is 38.6 Å². The van der Waals surface area contributed by atoms with Crippen LogP contribution in [0.25, 0.3) is 10.9 Å². The zero-order chi connectivity index (χ0) is 13.0. The van der Waals surface area contributed by atoms with Crippen LogP contribution in [0.1, 0.15) is 44.2 Å². The van der Waals surface area contributed by atoms with Gasteiger partial charge in [-0.2, -0.15) is 0 Å². The van der Waals surface area contributed by atoms with E-state index >= 15 is 0 Å². The summed E-state index contributed by atoms with van der Waals surface area (Å²) >= 11 is 6.22. The Kier molecular flexibility index (Phi) is 6.56. The molecule has 0 bridgehead atoms. The van der Waals surface area contributed by atoms with Crippen molar-refractivity contribution < 1.29 is 0 Å². The van der Waals surface area contributed by atoms with Crippen molar-refractivity contribution in [3.05, 3.63) is 41.0 Å². The van der Waals surface area contributed by atoms with Gasteiger partial charge in [0.05, 0.1) is 5.52 Å². The SMILES string of the molecule is CCCCC[C@H](N)c1cc2ccccc2nc1Cl.Cl. The van der Waals surface area contributed by atoms with E-state index in [1.54, 1.807) is 0 Å². The van der Waals surface area contributed by atoms with E-state index in [1.807, 2.05) is 24.3 Å². The van der Waals surface area contributed by atoms with Crippen molar-refractivity contribution in [2.24, 2.45) is 5.73 Å². The van der Waals surface area contributed by atoms with Gasteiger partial charge in [-0.3, -0.25) is 0 Å². The molecule has 1 aromatic carbocycles. The zero-order valence-electron chi connectivity index (χ0n) is 11.1. The van der Waals surface area contributed by atoms with Crippen molar-refractivity contribution in [2.75, 3.05) is 0 Å². The van der Waals surface area contributed by atoms with Gasteiger partial charge in [-0.15, -0.1) is 12.4 Å². The van der Waals surface area contributed by atoms with Gasteiger partial charge < -0.3 is 5.73 Å². The van der Waals surface area contributed by atoms with Gasteiger partial charge in [0.15, 0.2) is 0 Å². The van der Waals surface area contributed by atoms with Gasteiger partial charge in [0, 0.05) is 17.0 Å². The lowest BCUT2D eigenvalue weighted by atomic mass is 10.0. The van der Waals surface area contributed by atoms with Crippen molar-refractivity contribution in [3.8, 4) is 0 Å². The van der Waals surface area contributed by atoms with Crippen LogP contribution in [-0.4, -0.2) is 4.98 Å². The molecule has 1 aromatic heterocycles. The Balaban J connectivity index is 0.00000180. The predicted octanol–water partition coefficient (Wildman–Crippen LogP) is 4.89. The minimum atomic E-state index is -0.0128. The highest BCUT2D eigenvalue weighted by Gasteiger charge is 2.12. The Bertz CT molecular complexity index is 529. The van der Waals surface area contributed by atoms with Crippen LogP contribution in [0.5, 0.6) is 0 Å². The van der Waals surface area contributed by atoms with Crippen LogP contribution in [0.2, 0.25) is 5.15 Å². The summed E-state index contributed by atoms with van der Waals surface area (Å²) in [5.41, 5.74) is 8.09. The smallest absolute Gasteiger partial charge is 0.134 e. The third-order valence-corrected chi connectivity index (χ3v) is 3.53. The highest BCUT2D eigenvalue weighted by Crippen LogP contribution is 2.27. The molecule has 4 heteroatoms. The molecule has 0 unspecified atom stereocenters. The number of halogens is 2. The second kappa shape index (κ2) is 7.68. The lowest BCUT2D eigenvalue weighted by Crippen LogP contribution is -2.11. The van der Waals surface area contributed by atoms with E-state index in [-0.39, 0.29) is 18.4 Å². The number of para-hydroxylation sites is 1. The molecule has 1 atom stereocenters. The summed E-state index contributed by atoms with van der Waals surface area (Å²) in [6, 6.07) is 10.0. The number of hydrogen-bond acceptors (Lipinski definition) is 2. The van der Waals surface area contributed by atoms with Crippen molar-refractivity contribution in [3.63, 3.8) is 0 Å². The first-order valence-electron chi connectivity index (χ1n) is 6.53. The first kappa shape index (κ1) is 16.2. The first-order valence-corrected chi connectivity index (χ1v) is 6.91. The largest absolute Gasteiger partial charge is 0.324 e. The number of nitrogens with two attached hydrogens (primary N) is 1. The molecular weight excluding hydrogens is 279 g/mol. The summed E-state index contributed by atoms with van der Waals surface area (Å²) in [4.78, 5) is 4.41. The summed E-state index contributed by atoms with van der Waals surface area (Å²) < 4.78 is 0. The number of unbranched alkanes of at least 4 members (excludes halogenated alkanes) is 2. The Labute approximate surface area is 125 Å². The number of rotatable bonds is 5. The molecule has 0 aliphatic heterocycles. The summed E-state index contributed by atoms with van der Waals surface area (Å²) in [5.74, 6) is 0. The highest BCUT2D eigenvalue weighted by atomic mass is 35.5. The topological polar surface area (TPSA) is 38.9 Å². The monoisotopic (exact) mass is 298 g/mol. The molecule has 0 saturated carbocycles. The second-order valence-corrected chi connectivity index (χ2v) is 5.02. The number of aromatic nitrogens is 1. The second-order valence-electron chi connectivity index (χ2n) is 4.66. The molecule has 0 aliphatic carbocycles. The van der Waals surface area contributed by atoms with E-state index in [2.05, 4.69) is 18.0 Å². The van der Waals surface area contributed by atoms with Gasteiger partial charge in [-0.1, -0.05) is 56.0 Å². The molecule has 2 rings (SSSR count). The normalized spacial score (nSPS) is 12.2. The Hall–Kier alpha value is -0.830. The van der Waals surface area contributed by atoms with Crippen LogP contribution < -0.4 is 5.73 Å². The fourth-order valence-electron chi connectivity index (χ4n) is 2.14. The van der Waals surface area contributed by atoms with Crippen LogP contribution in [0.3, 0.4) is 0 Å². The van der Waals surface area contributed by atoms with Gasteiger partial charge in [0.25, 0.3) is 0 Å². The molecule has 104 valence electrons. The molecule has 0 amide bonds. The van der Waals surface area contributed by atoms with Crippen LogP contribution >= 0.6 is 24.0 Å². The Morgan fingerprint density at radius 3 is 2.74 bits per heavy atom. The van der Waals surface area contributed by atoms with Gasteiger partial charge in [0.2, 0.25) is 0 Å². The molecule has 19 heavy (non-hydrogen) atoms. The van der Waals surface area contributed by atoms with Crippen molar-refractivity contribution >= 4 is 34.9 Å². The average Bonchev–Trinajstić information content (AvgIpc) is 2.38. The van der Waals surface area contributed by atoms with Gasteiger partial charge in [0.1, 0.15) is 5.15 Å². The van der Waals surface area contributed by atoms with Gasteiger partial charge >= 0.3 is 0 Å². The molecule has 0 spiro atoms. The van der Waals surface area contributed by atoms with Gasteiger partial charge in [-0.05, 0) is 18.6 Å². The number of fused-ring (bicyclic) bond motifs is 1. The van der Waals surface area contributed by atoms with Crippen molar-refractivity contribution in [1.82, 2.24) is 4.98 Å². The molecule has 2 aromatic rings. The molecule has 0 aliphatic rings. The fraction of sp³-hybridized carbons (Fsp3) is 0.400. The third-order valence-electron chi connectivity index (χ3n) is 3.22. The van der Waals surface area contributed by atoms with Crippen LogP contribution in [0, 0.1) is 0 Å². The Morgan fingerprint density at radius 2 is 2.00 bits per heavy atom. The maximum absolute atomic E-state index is 6.22. The summed E-state index contributed by atoms with van der Waals surface area (Å²) in [6.07, 6.45) is 4.52. The minimum Gasteiger partial charge on any atom is -0.324 e. The number of hydrogen-bond donors (Lipinski definition) is 1. The number of benzene rings is 1. The molecule has 0 saturated heterocycles. The first-order chi connectivity index (χ1) is 8.72. The number of nitrogens with zero attached hydrogens (tertiary/aromatic N) is 1. The van der Waals surface area contributed by atoms with Crippen LogP contribution in [0.15, 0.2) is 30.3 Å².